The minimum absolute atomic E-state index is 0.299. The minimum Gasteiger partial charge on any atom is -0.325 e. The molecule has 0 radical (unpaired) electrons. The van der Waals surface area contributed by atoms with Gasteiger partial charge in [0.25, 0.3) is 0 Å². The van der Waals surface area contributed by atoms with Gasteiger partial charge in [-0.25, -0.2) is 4.39 Å². The Balaban J connectivity index is 2.19. The van der Waals surface area contributed by atoms with Gasteiger partial charge in [-0.15, -0.1) is 0 Å². The Hall–Kier alpha value is -1.89. The van der Waals surface area contributed by atoms with E-state index in [4.69, 9.17) is 0 Å². The van der Waals surface area contributed by atoms with E-state index in [1.54, 1.807) is 13.0 Å². The number of nitrogens with zero attached hydrogens (tertiary/aromatic N) is 1. The second-order valence-electron chi connectivity index (χ2n) is 5.58. The van der Waals surface area contributed by atoms with Crippen LogP contribution in [0.2, 0.25) is 0 Å². The van der Waals surface area contributed by atoms with Crippen LogP contribution in [0.15, 0.2) is 18.2 Å². The van der Waals surface area contributed by atoms with Gasteiger partial charge in [0.15, 0.2) is 0 Å². The van der Waals surface area contributed by atoms with Gasteiger partial charge in [-0.2, -0.15) is 5.26 Å². The molecule has 106 valence electrons. The molecule has 0 aromatic heterocycles. The Morgan fingerprint density at radius 3 is 2.45 bits per heavy atom. The van der Waals surface area contributed by atoms with Crippen molar-refractivity contribution in [3.63, 3.8) is 0 Å². The van der Waals surface area contributed by atoms with Gasteiger partial charge < -0.3 is 5.32 Å². The molecule has 4 heteroatoms. The monoisotopic (exact) mass is 274 g/mol. The summed E-state index contributed by atoms with van der Waals surface area (Å²) in [5.41, 5.74) is 0.204. The number of carbonyl (C=O) groups excluding carboxylic acids is 1. The summed E-state index contributed by atoms with van der Waals surface area (Å²) in [6.07, 6.45) is 5.09. The minimum atomic E-state index is -0.962. The second-order valence-corrected chi connectivity index (χ2v) is 5.58. The van der Waals surface area contributed by atoms with Crippen LogP contribution in [0.25, 0.3) is 0 Å². The van der Waals surface area contributed by atoms with Crippen LogP contribution in [-0.4, -0.2) is 5.91 Å². The number of nitrogens with one attached hydrogen (secondary N) is 1. The number of hydrogen-bond donors (Lipinski definition) is 1. The molecule has 20 heavy (non-hydrogen) atoms. The van der Waals surface area contributed by atoms with E-state index in [-0.39, 0.29) is 11.7 Å². The van der Waals surface area contributed by atoms with Crippen LogP contribution in [0.1, 0.15) is 44.1 Å². The molecule has 0 saturated heterocycles. The number of rotatable bonds is 2. The van der Waals surface area contributed by atoms with Gasteiger partial charge in [0.2, 0.25) is 5.91 Å². The fourth-order valence-corrected chi connectivity index (χ4v) is 2.78. The summed E-state index contributed by atoms with van der Waals surface area (Å²) in [4.78, 5) is 12.4. The van der Waals surface area contributed by atoms with Gasteiger partial charge in [-0.3, -0.25) is 4.79 Å². The molecular formula is C16H19FN2O. The topological polar surface area (TPSA) is 52.9 Å². The summed E-state index contributed by atoms with van der Waals surface area (Å²) in [6, 6.07) is 6.60. The highest BCUT2D eigenvalue weighted by Gasteiger charge is 2.38. The Bertz CT molecular complexity index is 520. The lowest BCUT2D eigenvalue weighted by Gasteiger charge is -2.23. The van der Waals surface area contributed by atoms with Crippen molar-refractivity contribution in [1.29, 1.82) is 5.26 Å². The number of carbonyl (C=O) groups is 1. The van der Waals surface area contributed by atoms with E-state index in [2.05, 4.69) is 11.4 Å². The normalized spacial score (nSPS) is 17.9. The molecule has 0 atom stereocenters. The van der Waals surface area contributed by atoms with Gasteiger partial charge in [0, 0.05) is 5.69 Å². The Labute approximate surface area is 118 Å². The molecule has 1 saturated carbocycles. The average Bonchev–Trinajstić information content (AvgIpc) is 2.63. The average molecular weight is 274 g/mol. The summed E-state index contributed by atoms with van der Waals surface area (Å²) >= 11 is 0. The lowest BCUT2D eigenvalue weighted by molar-refractivity contribution is -0.123. The first-order valence-electron chi connectivity index (χ1n) is 7.06. The highest BCUT2D eigenvalue weighted by atomic mass is 19.1. The number of benzene rings is 1. The zero-order valence-corrected chi connectivity index (χ0v) is 11.7. The van der Waals surface area contributed by atoms with Gasteiger partial charge in [-0.05, 0) is 43.5 Å². The fourth-order valence-electron chi connectivity index (χ4n) is 2.78. The van der Waals surface area contributed by atoms with E-state index < -0.39 is 5.41 Å². The van der Waals surface area contributed by atoms with Crippen molar-refractivity contribution >= 4 is 11.6 Å². The maximum absolute atomic E-state index is 13.3. The third-order valence-electron chi connectivity index (χ3n) is 3.91. The number of halogens is 1. The van der Waals surface area contributed by atoms with Gasteiger partial charge in [0.1, 0.15) is 11.2 Å². The molecule has 0 aliphatic heterocycles. The molecule has 0 heterocycles. The van der Waals surface area contributed by atoms with Crippen molar-refractivity contribution < 1.29 is 9.18 Å². The number of amides is 1. The SMILES string of the molecule is Cc1cc(F)cc(NC(=O)C2(C#N)CCCCCC2)c1. The third kappa shape index (κ3) is 3.16. The number of anilines is 1. The molecule has 1 fully saturated rings. The molecule has 2 rings (SSSR count). The van der Waals surface area contributed by atoms with Crippen molar-refractivity contribution in [1.82, 2.24) is 0 Å². The van der Waals surface area contributed by atoms with Crippen LogP contribution in [0, 0.1) is 29.5 Å². The maximum Gasteiger partial charge on any atom is 0.244 e. The molecule has 0 spiro atoms. The van der Waals surface area contributed by atoms with E-state index in [0.717, 1.165) is 31.2 Å². The van der Waals surface area contributed by atoms with Gasteiger partial charge >= 0.3 is 0 Å². The number of hydrogen-bond acceptors (Lipinski definition) is 2. The third-order valence-corrected chi connectivity index (χ3v) is 3.91. The van der Waals surface area contributed by atoms with E-state index >= 15 is 0 Å². The van der Waals surface area contributed by atoms with E-state index in [1.807, 2.05) is 0 Å². The quantitative estimate of drug-likeness (QED) is 0.830. The largest absolute Gasteiger partial charge is 0.325 e. The lowest BCUT2D eigenvalue weighted by Crippen LogP contribution is -2.34. The van der Waals surface area contributed by atoms with E-state index in [9.17, 15) is 14.4 Å². The first-order valence-corrected chi connectivity index (χ1v) is 7.06. The van der Waals surface area contributed by atoms with E-state index in [1.165, 1.54) is 12.1 Å². The van der Waals surface area contributed by atoms with Gasteiger partial charge in [-0.1, -0.05) is 25.7 Å². The molecule has 1 amide bonds. The van der Waals surface area contributed by atoms with E-state index in [0.29, 0.717) is 18.5 Å². The maximum atomic E-state index is 13.3. The Morgan fingerprint density at radius 2 is 1.90 bits per heavy atom. The van der Waals surface area contributed by atoms with Crippen LogP contribution >= 0.6 is 0 Å². The van der Waals surface area contributed by atoms with Crippen molar-refractivity contribution in [2.75, 3.05) is 5.32 Å². The first kappa shape index (κ1) is 14.5. The standard InChI is InChI=1S/C16H19FN2O/c1-12-8-13(17)10-14(9-12)19-15(20)16(11-18)6-4-2-3-5-7-16/h8-10H,2-7H2,1H3,(H,19,20). The molecule has 1 N–H and O–H groups in total. The highest BCUT2D eigenvalue weighted by molar-refractivity contribution is 5.97. The Kier molecular flexibility index (Phi) is 4.39. The first-order chi connectivity index (χ1) is 9.55. The smallest absolute Gasteiger partial charge is 0.244 e. The summed E-state index contributed by atoms with van der Waals surface area (Å²) in [7, 11) is 0. The van der Waals surface area contributed by atoms with Crippen LogP contribution in [0.3, 0.4) is 0 Å². The van der Waals surface area contributed by atoms with Crippen molar-refractivity contribution in [2.24, 2.45) is 5.41 Å². The predicted molar refractivity (Wildman–Crippen MR) is 75.5 cm³/mol. The molecule has 1 aliphatic carbocycles. The molecular weight excluding hydrogens is 255 g/mol. The van der Waals surface area contributed by atoms with Crippen LogP contribution in [0.5, 0.6) is 0 Å². The summed E-state index contributed by atoms with van der Waals surface area (Å²) in [6.45, 7) is 1.77. The zero-order valence-electron chi connectivity index (χ0n) is 11.7. The highest BCUT2D eigenvalue weighted by Crippen LogP contribution is 2.35. The predicted octanol–water partition coefficient (Wildman–Crippen LogP) is 3.94. The Morgan fingerprint density at radius 1 is 1.25 bits per heavy atom. The molecule has 0 unspecified atom stereocenters. The van der Waals surface area contributed by atoms with Crippen LogP contribution in [0.4, 0.5) is 10.1 Å². The number of nitriles is 1. The molecule has 0 bridgehead atoms. The molecule has 1 aromatic rings. The lowest BCUT2D eigenvalue weighted by atomic mass is 9.81. The van der Waals surface area contributed by atoms with Crippen LogP contribution in [-0.2, 0) is 4.79 Å². The molecule has 3 nitrogen and oxygen atoms in total. The fraction of sp³-hybridized carbons (Fsp3) is 0.500. The zero-order chi connectivity index (χ0) is 14.6. The van der Waals surface area contributed by atoms with Gasteiger partial charge in [0.05, 0.1) is 6.07 Å². The summed E-state index contributed by atoms with van der Waals surface area (Å²) in [5.74, 6) is -0.681. The van der Waals surface area contributed by atoms with Crippen molar-refractivity contribution in [2.45, 2.75) is 45.4 Å². The second kappa shape index (κ2) is 6.04. The number of aryl methyl sites for hydroxylation is 1. The van der Waals surface area contributed by atoms with Crippen molar-refractivity contribution in [3.05, 3.63) is 29.6 Å². The summed E-state index contributed by atoms with van der Waals surface area (Å²) in [5, 5.41) is 12.2. The van der Waals surface area contributed by atoms with Crippen molar-refractivity contribution in [3.8, 4) is 6.07 Å². The van der Waals surface area contributed by atoms with Crippen LogP contribution < -0.4 is 5.32 Å². The summed E-state index contributed by atoms with van der Waals surface area (Å²) < 4.78 is 13.3. The molecule has 1 aromatic carbocycles. The molecule has 1 aliphatic rings.